The predicted molar refractivity (Wildman–Crippen MR) is 74.2 cm³/mol. The summed E-state index contributed by atoms with van der Waals surface area (Å²) in [4.78, 5) is 0. The Bertz CT molecular complexity index is 197. The molecule has 0 aromatic carbocycles. The van der Waals surface area contributed by atoms with Crippen molar-refractivity contribution in [2.45, 2.75) is 65.0 Å². The van der Waals surface area contributed by atoms with Gasteiger partial charge in [-0.15, -0.1) is 0 Å². The maximum atomic E-state index is 5.71. The fourth-order valence-electron chi connectivity index (χ4n) is 3.46. The van der Waals surface area contributed by atoms with Crippen LogP contribution in [0.2, 0.25) is 0 Å². The number of likely N-dealkylation sites (N-methyl/N-ethyl adjacent to an activating group) is 1. The molecule has 1 aliphatic carbocycles. The van der Waals surface area contributed by atoms with Crippen molar-refractivity contribution in [1.29, 1.82) is 0 Å². The van der Waals surface area contributed by atoms with Gasteiger partial charge in [0.2, 0.25) is 0 Å². The summed E-state index contributed by atoms with van der Waals surface area (Å²) in [6.07, 6.45) is 7.27. The van der Waals surface area contributed by atoms with Crippen molar-refractivity contribution in [1.82, 2.24) is 5.32 Å². The number of hydrogen-bond acceptors (Lipinski definition) is 2. The SMILES string of the molecule is CCC1CCC(C(NC)C(OC)C(C)C)CC1. The standard InChI is InChI=1S/C15H31NO/c1-6-12-7-9-13(10-8-12)14(16-4)15(17-5)11(2)3/h11-16H,6-10H2,1-5H3. The Morgan fingerprint density at radius 1 is 1.18 bits per heavy atom. The van der Waals surface area contributed by atoms with Gasteiger partial charge in [0.25, 0.3) is 0 Å². The average molecular weight is 241 g/mol. The van der Waals surface area contributed by atoms with Crippen LogP contribution in [0.5, 0.6) is 0 Å². The zero-order valence-electron chi connectivity index (χ0n) is 12.3. The highest BCUT2D eigenvalue weighted by Crippen LogP contribution is 2.34. The lowest BCUT2D eigenvalue weighted by Crippen LogP contribution is -2.48. The molecular weight excluding hydrogens is 210 g/mol. The monoisotopic (exact) mass is 241 g/mol. The third-order valence-electron chi connectivity index (χ3n) is 4.59. The summed E-state index contributed by atoms with van der Waals surface area (Å²) < 4.78 is 5.71. The Hall–Kier alpha value is -0.0800. The van der Waals surface area contributed by atoms with Gasteiger partial charge in [0, 0.05) is 13.2 Å². The number of rotatable bonds is 6. The van der Waals surface area contributed by atoms with Gasteiger partial charge in [0.1, 0.15) is 0 Å². The lowest BCUT2D eigenvalue weighted by Gasteiger charge is -2.38. The molecule has 0 aromatic heterocycles. The largest absolute Gasteiger partial charge is 0.380 e. The van der Waals surface area contributed by atoms with Crippen LogP contribution in [0.3, 0.4) is 0 Å². The lowest BCUT2D eigenvalue weighted by atomic mass is 9.75. The molecule has 1 rings (SSSR count). The number of hydrogen-bond donors (Lipinski definition) is 1. The molecule has 0 saturated heterocycles. The molecule has 1 aliphatic rings. The minimum atomic E-state index is 0.350. The molecule has 0 heterocycles. The van der Waals surface area contributed by atoms with E-state index >= 15 is 0 Å². The van der Waals surface area contributed by atoms with E-state index in [0.717, 1.165) is 11.8 Å². The van der Waals surface area contributed by atoms with Crippen molar-refractivity contribution in [2.24, 2.45) is 17.8 Å². The van der Waals surface area contributed by atoms with Gasteiger partial charge in [0.15, 0.2) is 0 Å². The van der Waals surface area contributed by atoms with Gasteiger partial charge in [-0.3, -0.25) is 0 Å². The van der Waals surface area contributed by atoms with Crippen LogP contribution in [0.4, 0.5) is 0 Å². The van der Waals surface area contributed by atoms with Crippen LogP contribution < -0.4 is 5.32 Å². The van der Waals surface area contributed by atoms with Crippen molar-refractivity contribution >= 4 is 0 Å². The van der Waals surface area contributed by atoms with Crippen molar-refractivity contribution in [3.05, 3.63) is 0 Å². The van der Waals surface area contributed by atoms with Gasteiger partial charge >= 0.3 is 0 Å². The van der Waals surface area contributed by atoms with E-state index < -0.39 is 0 Å². The van der Waals surface area contributed by atoms with Gasteiger partial charge in [-0.25, -0.2) is 0 Å². The summed E-state index contributed by atoms with van der Waals surface area (Å²) in [5.41, 5.74) is 0. The maximum Gasteiger partial charge on any atom is 0.0749 e. The molecule has 2 unspecified atom stereocenters. The van der Waals surface area contributed by atoms with E-state index in [4.69, 9.17) is 4.74 Å². The van der Waals surface area contributed by atoms with Crippen molar-refractivity contribution in [3.63, 3.8) is 0 Å². The summed E-state index contributed by atoms with van der Waals surface area (Å²) in [5, 5.41) is 3.51. The Kier molecular flexibility index (Phi) is 6.50. The van der Waals surface area contributed by atoms with Crippen LogP contribution >= 0.6 is 0 Å². The lowest BCUT2D eigenvalue weighted by molar-refractivity contribution is 0.00809. The molecule has 2 heteroatoms. The fourth-order valence-corrected chi connectivity index (χ4v) is 3.46. The normalized spacial score (nSPS) is 29.3. The average Bonchev–Trinajstić information content (AvgIpc) is 2.35. The smallest absolute Gasteiger partial charge is 0.0749 e. The zero-order valence-corrected chi connectivity index (χ0v) is 12.3. The quantitative estimate of drug-likeness (QED) is 0.769. The van der Waals surface area contributed by atoms with Crippen LogP contribution in [0.1, 0.15) is 52.9 Å². The molecule has 0 spiro atoms. The Morgan fingerprint density at radius 3 is 2.12 bits per heavy atom. The predicted octanol–water partition coefficient (Wildman–Crippen LogP) is 3.46. The number of methoxy groups -OCH3 is 1. The topological polar surface area (TPSA) is 21.3 Å². The van der Waals surface area contributed by atoms with Gasteiger partial charge in [-0.1, -0.05) is 40.0 Å². The van der Waals surface area contributed by atoms with Crippen LogP contribution in [0.15, 0.2) is 0 Å². The van der Waals surface area contributed by atoms with E-state index in [-0.39, 0.29) is 0 Å². The summed E-state index contributed by atoms with van der Waals surface area (Å²) >= 11 is 0. The molecule has 0 amide bonds. The molecule has 0 bridgehead atoms. The molecule has 2 atom stereocenters. The second-order valence-electron chi connectivity index (χ2n) is 5.95. The van der Waals surface area contributed by atoms with E-state index in [1.165, 1.54) is 32.1 Å². The van der Waals surface area contributed by atoms with Crippen LogP contribution in [-0.4, -0.2) is 26.3 Å². The van der Waals surface area contributed by atoms with Crippen molar-refractivity contribution in [2.75, 3.05) is 14.2 Å². The van der Waals surface area contributed by atoms with Gasteiger partial charge < -0.3 is 10.1 Å². The van der Waals surface area contributed by atoms with Crippen molar-refractivity contribution < 1.29 is 4.74 Å². The molecule has 102 valence electrons. The molecule has 17 heavy (non-hydrogen) atoms. The van der Waals surface area contributed by atoms with E-state index in [9.17, 15) is 0 Å². The van der Waals surface area contributed by atoms with Crippen molar-refractivity contribution in [3.8, 4) is 0 Å². The zero-order chi connectivity index (χ0) is 12.8. The maximum absolute atomic E-state index is 5.71. The highest BCUT2D eigenvalue weighted by atomic mass is 16.5. The second-order valence-corrected chi connectivity index (χ2v) is 5.95. The first-order chi connectivity index (χ1) is 8.13. The van der Waals surface area contributed by atoms with E-state index in [2.05, 4.69) is 33.1 Å². The third kappa shape index (κ3) is 3.96. The minimum Gasteiger partial charge on any atom is -0.380 e. The Labute approximate surface area is 108 Å². The van der Waals surface area contributed by atoms with E-state index in [1.54, 1.807) is 0 Å². The highest BCUT2D eigenvalue weighted by Gasteiger charge is 2.32. The van der Waals surface area contributed by atoms with Crippen LogP contribution in [0, 0.1) is 17.8 Å². The van der Waals surface area contributed by atoms with Gasteiger partial charge in [-0.2, -0.15) is 0 Å². The Balaban J connectivity index is 2.56. The van der Waals surface area contributed by atoms with E-state index in [0.29, 0.717) is 18.1 Å². The molecule has 0 aliphatic heterocycles. The summed E-state index contributed by atoms with van der Waals surface area (Å²) in [7, 11) is 3.94. The molecule has 0 aromatic rings. The first-order valence-electron chi connectivity index (χ1n) is 7.34. The first kappa shape index (κ1) is 15.0. The van der Waals surface area contributed by atoms with Crippen LogP contribution in [-0.2, 0) is 4.74 Å². The molecular formula is C15H31NO. The van der Waals surface area contributed by atoms with E-state index in [1.807, 2.05) is 7.11 Å². The first-order valence-corrected chi connectivity index (χ1v) is 7.34. The molecule has 1 fully saturated rings. The highest BCUT2D eigenvalue weighted by molar-refractivity contribution is 4.87. The molecule has 1 saturated carbocycles. The minimum absolute atomic E-state index is 0.350. The number of ether oxygens (including phenoxy) is 1. The summed E-state index contributed by atoms with van der Waals surface area (Å²) in [6.45, 7) is 6.85. The fraction of sp³-hybridized carbons (Fsp3) is 1.00. The summed E-state index contributed by atoms with van der Waals surface area (Å²) in [6, 6.07) is 0.526. The van der Waals surface area contributed by atoms with Crippen LogP contribution in [0.25, 0.3) is 0 Å². The second kappa shape index (κ2) is 7.38. The molecule has 0 radical (unpaired) electrons. The van der Waals surface area contributed by atoms with Gasteiger partial charge in [-0.05, 0) is 37.6 Å². The molecule has 1 N–H and O–H groups in total. The summed E-state index contributed by atoms with van der Waals surface area (Å²) in [5.74, 6) is 2.36. The Morgan fingerprint density at radius 2 is 1.76 bits per heavy atom. The number of nitrogens with one attached hydrogen (secondary N) is 1. The van der Waals surface area contributed by atoms with Gasteiger partial charge in [0.05, 0.1) is 6.10 Å². The molecule has 2 nitrogen and oxygen atoms in total. The third-order valence-corrected chi connectivity index (χ3v) is 4.59.